The number of phenolic OH excluding ortho intramolecular Hbond substituents is 1. The number of carboxylic acid groups (broad SMARTS) is 1. The van der Waals surface area contributed by atoms with E-state index in [1.807, 2.05) is 6.92 Å². The lowest BCUT2D eigenvalue weighted by Gasteiger charge is -2.04. The van der Waals surface area contributed by atoms with Gasteiger partial charge in [-0.2, -0.15) is 0 Å². The molecule has 2 rings (SSSR count). The molecule has 0 saturated carbocycles. The van der Waals surface area contributed by atoms with Crippen molar-refractivity contribution in [1.29, 1.82) is 0 Å². The van der Waals surface area contributed by atoms with Crippen LogP contribution in [0.15, 0.2) is 27.2 Å². The largest absolute Gasteiger partial charge is 0.507 e. The van der Waals surface area contributed by atoms with Crippen LogP contribution in [-0.2, 0) is 0 Å². The summed E-state index contributed by atoms with van der Waals surface area (Å²) < 4.78 is 5.67. The van der Waals surface area contributed by atoms with Crippen LogP contribution >= 0.6 is 15.9 Å². The molecule has 5 nitrogen and oxygen atoms in total. The Kier molecular flexibility index (Phi) is 2.89. The van der Waals surface area contributed by atoms with Gasteiger partial charge >= 0.3 is 5.97 Å². The maximum absolute atomic E-state index is 10.7. The van der Waals surface area contributed by atoms with E-state index in [-0.39, 0.29) is 17.2 Å². The molecule has 0 aliphatic heterocycles. The van der Waals surface area contributed by atoms with Crippen molar-refractivity contribution >= 4 is 21.9 Å². The molecule has 2 aromatic rings. The van der Waals surface area contributed by atoms with E-state index in [4.69, 9.17) is 9.63 Å². The molecule has 0 atom stereocenters. The Hall–Kier alpha value is -1.82. The first kappa shape index (κ1) is 11.7. The molecule has 0 unspecified atom stereocenters. The summed E-state index contributed by atoms with van der Waals surface area (Å²) >= 11 is 3.32. The molecule has 1 aromatic carbocycles. The molecule has 88 valence electrons. The predicted molar refractivity (Wildman–Crippen MR) is 63.0 cm³/mol. The number of aromatic carboxylic acids is 1. The van der Waals surface area contributed by atoms with Gasteiger partial charge in [-0.1, -0.05) is 21.1 Å². The Labute approximate surface area is 105 Å². The van der Waals surface area contributed by atoms with Crippen molar-refractivity contribution in [3.05, 3.63) is 33.9 Å². The second kappa shape index (κ2) is 4.21. The summed E-state index contributed by atoms with van der Waals surface area (Å²) in [5.74, 6) is -0.954. The van der Waals surface area contributed by atoms with Gasteiger partial charge in [0.1, 0.15) is 5.75 Å². The van der Waals surface area contributed by atoms with E-state index >= 15 is 0 Å². The van der Waals surface area contributed by atoms with E-state index < -0.39 is 5.97 Å². The minimum absolute atomic E-state index is 0.0128. The first-order chi connectivity index (χ1) is 7.99. The van der Waals surface area contributed by atoms with Gasteiger partial charge < -0.3 is 14.7 Å². The van der Waals surface area contributed by atoms with Crippen molar-refractivity contribution in [3.63, 3.8) is 0 Å². The standard InChI is InChI=1S/C11H8BrNO4/c1-5-2-9(14)6(3-7(5)12)10-4-8(11(15)16)13-17-10/h2-4,14H,1H3,(H,15,16). The molecule has 2 N–H and O–H groups in total. The first-order valence-corrected chi connectivity index (χ1v) is 5.48. The quantitative estimate of drug-likeness (QED) is 0.890. The van der Waals surface area contributed by atoms with Crippen molar-refractivity contribution in [2.45, 2.75) is 6.92 Å². The highest BCUT2D eigenvalue weighted by molar-refractivity contribution is 9.10. The topological polar surface area (TPSA) is 83.6 Å². The number of hydrogen-bond acceptors (Lipinski definition) is 4. The molecule has 0 spiro atoms. The van der Waals surface area contributed by atoms with Gasteiger partial charge in [-0.25, -0.2) is 4.79 Å². The lowest BCUT2D eigenvalue weighted by molar-refractivity contribution is 0.0686. The number of carbonyl (C=O) groups is 1. The zero-order chi connectivity index (χ0) is 12.6. The molecule has 6 heteroatoms. The van der Waals surface area contributed by atoms with E-state index in [1.165, 1.54) is 6.07 Å². The van der Waals surface area contributed by atoms with E-state index in [1.54, 1.807) is 12.1 Å². The summed E-state index contributed by atoms with van der Waals surface area (Å²) in [7, 11) is 0. The fourth-order valence-corrected chi connectivity index (χ4v) is 1.71. The van der Waals surface area contributed by atoms with Crippen LogP contribution in [0.25, 0.3) is 11.3 Å². The maximum Gasteiger partial charge on any atom is 0.358 e. The third kappa shape index (κ3) is 2.16. The third-order valence-corrected chi connectivity index (χ3v) is 3.13. The Morgan fingerprint density at radius 3 is 2.71 bits per heavy atom. The number of hydrogen-bond donors (Lipinski definition) is 2. The Bertz CT molecular complexity index is 591. The van der Waals surface area contributed by atoms with Gasteiger partial charge in [0.15, 0.2) is 11.5 Å². The second-order valence-electron chi connectivity index (χ2n) is 3.50. The zero-order valence-corrected chi connectivity index (χ0v) is 10.4. The highest BCUT2D eigenvalue weighted by Gasteiger charge is 2.15. The number of benzene rings is 1. The van der Waals surface area contributed by atoms with Crippen molar-refractivity contribution < 1.29 is 19.5 Å². The second-order valence-corrected chi connectivity index (χ2v) is 4.35. The van der Waals surface area contributed by atoms with E-state index in [0.29, 0.717) is 5.56 Å². The fraction of sp³-hybridized carbons (Fsp3) is 0.0909. The molecule has 1 heterocycles. The number of aryl methyl sites for hydroxylation is 1. The highest BCUT2D eigenvalue weighted by atomic mass is 79.9. The van der Waals surface area contributed by atoms with Gasteiger partial charge in [-0.15, -0.1) is 0 Å². The minimum atomic E-state index is -1.18. The first-order valence-electron chi connectivity index (χ1n) is 4.68. The molecule has 0 bridgehead atoms. The lowest BCUT2D eigenvalue weighted by atomic mass is 10.1. The maximum atomic E-state index is 10.7. The number of rotatable bonds is 2. The van der Waals surface area contributed by atoms with Gasteiger partial charge in [0.25, 0.3) is 0 Å². The van der Waals surface area contributed by atoms with Crippen LogP contribution in [0.4, 0.5) is 0 Å². The number of phenols is 1. The Balaban J connectivity index is 2.52. The van der Waals surface area contributed by atoms with Crippen LogP contribution in [0.2, 0.25) is 0 Å². The normalized spacial score (nSPS) is 10.5. The van der Waals surface area contributed by atoms with Crippen LogP contribution in [0.5, 0.6) is 5.75 Å². The van der Waals surface area contributed by atoms with Crippen molar-refractivity contribution in [1.82, 2.24) is 5.16 Å². The predicted octanol–water partition coefficient (Wildman–Crippen LogP) is 2.82. The summed E-state index contributed by atoms with van der Waals surface area (Å²) in [6.45, 7) is 1.83. The number of nitrogens with zero attached hydrogens (tertiary/aromatic N) is 1. The van der Waals surface area contributed by atoms with Gasteiger partial charge in [0, 0.05) is 10.5 Å². The molecule has 0 aliphatic carbocycles. The lowest BCUT2D eigenvalue weighted by Crippen LogP contribution is -1.94. The average molecular weight is 298 g/mol. The number of carboxylic acids is 1. The highest BCUT2D eigenvalue weighted by Crippen LogP contribution is 2.34. The molecule has 17 heavy (non-hydrogen) atoms. The molecule has 0 radical (unpaired) electrons. The van der Waals surface area contributed by atoms with Crippen LogP contribution in [0.3, 0.4) is 0 Å². The molecule has 0 aliphatic rings. The van der Waals surface area contributed by atoms with Crippen molar-refractivity contribution in [2.24, 2.45) is 0 Å². The van der Waals surface area contributed by atoms with E-state index in [2.05, 4.69) is 21.1 Å². The van der Waals surface area contributed by atoms with Crippen molar-refractivity contribution in [2.75, 3.05) is 0 Å². The Morgan fingerprint density at radius 1 is 1.41 bits per heavy atom. The van der Waals surface area contributed by atoms with Gasteiger partial charge in [-0.05, 0) is 24.6 Å². The summed E-state index contributed by atoms with van der Waals surface area (Å²) in [5, 5.41) is 21.9. The fourth-order valence-electron chi connectivity index (χ4n) is 1.37. The molecule has 1 aromatic heterocycles. The number of aromatic hydroxyl groups is 1. The van der Waals surface area contributed by atoms with Crippen LogP contribution in [0, 0.1) is 6.92 Å². The average Bonchev–Trinajstić information content (AvgIpc) is 2.72. The molecule has 0 saturated heterocycles. The Morgan fingerprint density at radius 2 is 2.12 bits per heavy atom. The molecular weight excluding hydrogens is 290 g/mol. The summed E-state index contributed by atoms with van der Waals surface area (Å²) in [6.07, 6.45) is 0. The van der Waals surface area contributed by atoms with E-state index in [0.717, 1.165) is 10.0 Å². The van der Waals surface area contributed by atoms with Crippen LogP contribution in [0.1, 0.15) is 16.1 Å². The molecular formula is C11H8BrNO4. The van der Waals surface area contributed by atoms with E-state index in [9.17, 15) is 9.90 Å². The van der Waals surface area contributed by atoms with Gasteiger partial charge in [0.2, 0.25) is 0 Å². The monoisotopic (exact) mass is 297 g/mol. The summed E-state index contributed by atoms with van der Waals surface area (Å²) in [6, 6.07) is 4.47. The minimum Gasteiger partial charge on any atom is -0.507 e. The van der Waals surface area contributed by atoms with Gasteiger partial charge in [-0.3, -0.25) is 0 Å². The zero-order valence-electron chi connectivity index (χ0n) is 8.77. The summed E-state index contributed by atoms with van der Waals surface area (Å²) in [5.41, 5.74) is 1.06. The van der Waals surface area contributed by atoms with Crippen molar-refractivity contribution in [3.8, 4) is 17.1 Å². The van der Waals surface area contributed by atoms with Crippen LogP contribution in [-0.4, -0.2) is 21.3 Å². The molecule has 0 amide bonds. The number of aromatic nitrogens is 1. The van der Waals surface area contributed by atoms with Crippen LogP contribution < -0.4 is 0 Å². The summed E-state index contributed by atoms with van der Waals surface area (Å²) in [4.78, 5) is 10.7. The SMILES string of the molecule is Cc1cc(O)c(-c2cc(C(=O)O)no2)cc1Br. The third-order valence-electron chi connectivity index (χ3n) is 2.27. The van der Waals surface area contributed by atoms with Gasteiger partial charge in [0.05, 0.1) is 5.56 Å². The smallest absolute Gasteiger partial charge is 0.358 e. The number of halogens is 1. The molecule has 0 fully saturated rings.